The van der Waals surface area contributed by atoms with Gasteiger partial charge in [0.2, 0.25) is 5.91 Å². The van der Waals surface area contributed by atoms with Crippen LogP contribution in [0.15, 0.2) is 29.2 Å². The van der Waals surface area contributed by atoms with Gasteiger partial charge in [0.15, 0.2) is 5.50 Å². The number of hydrogen-bond donors (Lipinski definition) is 2. The van der Waals surface area contributed by atoms with Crippen molar-refractivity contribution in [2.24, 2.45) is 0 Å². The number of thioether (sulfide) groups is 1. The largest absolute Gasteiger partial charge is 0.324 e. The number of fused-ring (bicyclic) bond motifs is 1. The molecule has 2 N–H and O–H groups in total. The van der Waals surface area contributed by atoms with Crippen LogP contribution < -0.4 is 10.7 Å². The Morgan fingerprint density at radius 1 is 1.35 bits per heavy atom. The SMILES string of the molecule is CC1NN2C(=O)/C(=C/c3ccccc3Cl)SC2NC1=O. The fraction of sp³-hybridized carbons (Fsp3) is 0.231. The molecule has 2 fully saturated rings. The molecule has 2 atom stereocenters. The number of nitrogens with zero attached hydrogens (tertiary/aromatic N) is 1. The van der Waals surface area contributed by atoms with Gasteiger partial charge in [-0.2, -0.15) is 0 Å². The van der Waals surface area contributed by atoms with Gasteiger partial charge in [0.25, 0.3) is 5.91 Å². The van der Waals surface area contributed by atoms with E-state index < -0.39 is 11.5 Å². The van der Waals surface area contributed by atoms with Crippen molar-refractivity contribution in [2.45, 2.75) is 18.5 Å². The molecule has 0 spiro atoms. The number of carbonyl (C=O) groups is 2. The average Bonchev–Trinajstić information content (AvgIpc) is 2.70. The van der Waals surface area contributed by atoms with Crippen LogP contribution in [0.3, 0.4) is 0 Å². The van der Waals surface area contributed by atoms with Crippen molar-refractivity contribution in [1.82, 2.24) is 15.8 Å². The zero-order valence-electron chi connectivity index (χ0n) is 10.6. The van der Waals surface area contributed by atoms with Crippen molar-refractivity contribution in [3.63, 3.8) is 0 Å². The number of hydrogen-bond acceptors (Lipinski definition) is 4. The Morgan fingerprint density at radius 3 is 2.85 bits per heavy atom. The first-order chi connectivity index (χ1) is 9.56. The molecule has 3 rings (SSSR count). The van der Waals surface area contributed by atoms with E-state index in [1.54, 1.807) is 19.1 Å². The van der Waals surface area contributed by atoms with Crippen molar-refractivity contribution in [2.75, 3.05) is 0 Å². The van der Waals surface area contributed by atoms with Crippen LogP contribution in [0, 0.1) is 0 Å². The molecule has 2 aliphatic heterocycles. The van der Waals surface area contributed by atoms with E-state index in [0.717, 1.165) is 5.56 Å². The predicted octanol–water partition coefficient (Wildman–Crippen LogP) is 1.56. The quantitative estimate of drug-likeness (QED) is 0.773. The molecule has 20 heavy (non-hydrogen) atoms. The maximum atomic E-state index is 12.3. The maximum Gasteiger partial charge on any atom is 0.277 e. The Labute approximate surface area is 125 Å². The highest BCUT2D eigenvalue weighted by atomic mass is 35.5. The third-order valence-corrected chi connectivity index (χ3v) is 4.53. The Hall–Kier alpha value is -1.50. The Morgan fingerprint density at radius 2 is 2.10 bits per heavy atom. The fourth-order valence-electron chi connectivity index (χ4n) is 2.01. The zero-order chi connectivity index (χ0) is 14.3. The minimum absolute atomic E-state index is 0.120. The summed E-state index contributed by atoms with van der Waals surface area (Å²) in [5.74, 6) is -0.280. The summed E-state index contributed by atoms with van der Waals surface area (Å²) in [5, 5.41) is 4.81. The van der Waals surface area contributed by atoms with Crippen LogP contribution in [0.5, 0.6) is 0 Å². The second-order valence-electron chi connectivity index (χ2n) is 4.53. The molecule has 104 valence electrons. The van der Waals surface area contributed by atoms with E-state index in [4.69, 9.17) is 11.6 Å². The lowest BCUT2D eigenvalue weighted by atomic mass is 10.2. The van der Waals surface area contributed by atoms with Gasteiger partial charge >= 0.3 is 0 Å². The Kier molecular flexibility index (Phi) is 3.45. The molecule has 2 saturated heterocycles. The van der Waals surface area contributed by atoms with Gasteiger partial charge in [-0.25, -0.2) is 10.4 Å². The minimum atomic E-state index is -0.421. The monoisotopic (exact) mass is 309 g/mol. The third-order valence-electron chi connectivity index (χ3n) is 3.09. The van der Waals surface area contributed by atoms with Crippen LogP contribution >= 0.6 is 23.4 Å². The molecule has 0 saturated carbocycles. The molecule has 7 heteroatoms. The number of halogens is 1. The summed E-state index contributed by atoms with van der Waals surface area (Å²) in [7, 11) is 0. The van der Waals surface area contributed by atoms with Gasteiger partial charge in [-0.3, -0.25) is 9.59 Å². The van der Waals surface area contributed by atoms with E-state index in [2.05, 4.69) is 10.7 Å². The summed E-state index contributed by atoms with van der Waals surface area (Å²) in [4.78, 5) is 24.4. The highest BCUT2D eigenvalue weighted by molar-refractivity contribution is 8.05. The van der Waals surface area contributed by atoms with Crippen LogP contribution in [-0.4, -0.2) is 28.4 Å². The summed E-state index contributed by atoms with van der Waals surface area (Å²) in [6, 6.07) is 6.89. The van der Waals surface area contributed by atoms with E-state index in [1.165, 1.54) is 16.8 Å². The Balaban J connectivity index is 1.89. The van der Waals surface area contributed by atoms with E-state index in [0.29, 0.717) is 9.93 Å². The molecule has 2 unspecified atom stereocenters. The number of benzene rings is 1. The lowest BCUT2D eigenvalue weighted by Crippen LogP contribution is -2.64. The molecular formula is C13H12ClN3O2S. The highest BCUT2D eigenvalue weighted by Crippen LogP contribution is 2.35. The zero-order valence-corrected chi connectivity index (χ0v) is 12.2. The molecule has 0 bridgehead atoms. The molecule has 1 aromatic carbocycles. The van der Waals surface area contributed by atoms with Gasteiger partial charge in [-0.1, -0.05) is 41.6 Å². The molecule has 2 heterocycles. The first kappa shape index (κ1) is 13.5. The maximum absolute atomic E-state index is 12.3. The second-order valence-corrected chi connectivity index (χ2v) is 6.06. The molecule has 0 aromatic heterocycles. The van der Waals surface area contributed by atoms with E-state index in [-0.39, 0.29) is 11.8 Å². The number of hydrazine groups is 1. The van der Waals surface area contributed by atoms with E-state index >= 15 is 0 Å². The number of rotatable bonds is 1. The first-order valence-corrected chi connectivity index (χ1v) is 7.35. The van der Waals surface area contributed by atoms with E-state index in [1.807, 2.05) is 18.2 Å². The minimum Gasteiger partial charge on any atom is -0.324 e. The molecule has 2 aliphatic rings. The highest BCUT2D eigenvalue weighted by Gasteiger charge is 2.42. The lowest BCUT2D eigenvalue weighted by Gasteiger charge is -2.33. The molecule has 0 aliphatic carbocycles. The van der Waals surface area contributed by atoms with Gasteiger partial charge in [0.05, 0.1) is 4.91 Å². The second kappa shape index (κ2) is 5.12. The van der Waals surface area contributed by atoms with Crippen molar-refractivity contribution < 1.29 is 9.59 Å². The predicted molar refractivity (Wildman–Crippen MR) is 78.4 cm³/mol. The van der Waals surface area contributed by atoms with Gasteiger partial charge < -0.3 is 5.32 Å². The average molecular weight is 310 g/mol. The van der Waals surface area contributed by atoms with Gasteiger partial charge in [0.1, 0.15) is 6.04 Å². The fourth-order valence-corrected chi connectivity index (χ4v) is 3.27. The van der Waals surface area contributed by atoms with Crippen molar-refractivity contribution >= 4 is 41.3 Å². The Bertz CT molecular complexity index is 619. The number of nitrogens with one attached hydrogen (secondary N) is 2. The van der Waals surface area contributed by atoms with Crippen LogP contribution in [0.1, 0.15) is 12.5 Å². The van der Waals surface area contributed by atoms with Crippen molar-refractivity contribution in [3.8, 4) is 0 Å². The molecule has 2 amide bonds. The summed E-state index contributed by atoms with van der Waals surface area (Å²) in [6.45, 7) is 1.71. The number of carbonyl (C=O) groups excluding carboxylic acids is 2. The van der Waals surface area contributed by atoms with Gasteiger partial charge in [-0.15, -0.1) is 0 Å². The lowest BCUT2D eigenvalue weighted by molar-refractivity contribution is -0.139. The molecule has 0 radical (unpaired) electrons. The van der Waals surface area contributed by atoms with Gasteiger partial charge in [0, 0.05) is 5.02 Å². The summed E-state index contributed by atoms with van der Waals surface area (Å²) in [5.41, 5.74) is 3.26. The standard InChI is InChI=1S/C13H12ClN3O2S/c1-7-11(18)15-13-17(16-7)12(19)10(20-13)6-8-4-2-3-5-9(8)14/h2-7,13,16H,1H3,(H,15,18)/b10-6-. The van der Waals surface area contributed by atoms with Crippen LogP contribution in [0.4, 0.5) is 0 Å². The first-order valence-electron chi connectivity index (χ1n) is 6.09. The topological polar surface area (TPSA) is 61.4 Å². The van der Waals surface area contributed by atoms with Crippen LogP contribution in [0.2, 0.25) is 5.02 Å². The summed E-state index contributed by atoms with van der Waals surface area (Å²) >= 11 is 7.38. The molecule has 1 aromatic rings. The molecular weight excluding hydrogens is 298 g/mol. The van der Waals surface area contributed by atoms with Crippen molar-refractivity contribution in [1.29, 1.82) is 0 Å². The van der Waals surface area contributed by atoms with Crippen LogP contribution in [0.25, 0.3) is 6.08 Å². The summed E-state index contributed by atoms with van der Waals surface area (Å²) < 4.78 is 0. The van der Waals surface area contributed by atoms with Crippen LogP contribution in [-0.2, 0) is 9.59 Å². The number of amides is 2. The summed E-state index contributed by atoms with van der Waals surface area (Å²) in [6.07, 6.45) is 1.74. The van der Waals surface area contributed by atoms with E-state index in [9.17, 15) is 9.59 Å². The normalized spacial score (nSPS) is 27.7. The molecule has 5 nitrogen and oxygen atoms in total. The van der Waals surface area contributed by atoms with Gasteiger partial charge in [-0.05, 0) is 24.6 Å². The smallest absolute Gasteiger partial charge is 0.277 e. The van der Waals surface area contributed by atoms with Crippen molar-refractivity contribution in [3.05, 3.63) is 39.8 Å². The third kappa shape index (κ3) is 2.30.